The van der Waals surface area contributed by atoms with Crippen molar-refractivity contribution in [2.45, 2.75) is 12.8 Å². The summed E-state index contributed by atoms with van der Waals surface area (Å²) in [6.07, 6.45) is 0.722. The predicted octanol–water partition coefficient (Wildman–Crippen LogP) is 2.79. The lowest BCUT2D eigenvalue weighted by atomic mass is 10.1. The topological polar surface area (TPSA) is 71.6 Å². The molecule has 0 bridgehead atoms. The fourth-order valence-electron chi connectivity index (χ4n) is 2.17. The molecular formula is C18H20FN3O3S. The van der Waals surface area contributed by atoms with Crippen LogP contribution < -0.4 is 25.6 Å². The molecule has 26 heavy (non-hydrogen) atoms. The van der Waals surface area contributed by atoms with Crippen LogP contribution in [0.15, 0.2) is 42.5 Å². The zero-order chi connectivity index (χ0) is 18.9. The highest BCUT2D eigenvalue weighted by molar-refractivity contribution is 7.80. The number of para-hydroxylation sites is 1. The first kappa shape index (κ1) is 19.5. The van der Waals surface area contributed by atoms with E-state index in [0.29, 0.717) is 17.9 Å². The molecule has 0 aliphatic heterocycles. The maximum absolute atomic E-state index is 13.5. The first-order valence-electron chi connectivity index (χ1n) is 7.84. The van der Waals surface area contributed by atoms with Gasteiger partial charge in [0.25, 0.3) is 0 Å². The van der Waals surface area contributed by atoms with Gasteiger partial charge in [0, 0.05) is 12.5 Å². The monoisotopic (exact) mass is 377 g/mol. The lowest BCUT2D eigenvalue weighted by Gasteiger charge is -2.12. The van der Waals surface area contributed by atoms with Crippen LogP contribution in [-0.4, -0.2) is 25.2 Å². The molecule has 2 aromatic carbocycles. The molecule has 2 aromatic rings. The largest absolute Gasteiger partial charge is 0.497 e. The Hall–Kier alpha value is -2.87. The van der Waals surface area contributed by atoms with E-state index < -0.39 is 5.82 Å². The number of hydrogen-bond donors (Lipinski definition) is 3. The number of nitrogens with one attached hydrogen (secondary N) is 3. The van der Waals surface area contributed by atoms with E-state index in [9.17, 15) is 9.18 Å². The summed E-state index contributed by atoms with van der Waals surface area (Å²) in [6, 6.07) is 11.5. The van der Waals surface area contributed by atoms with Crippen molar-refractivity contribution in [1.82, 2.24) is 10.9 Å². The number of rotatable bonds is 6. The van der Waals surface area contributed by atoms with Gasteiger partial charge in [-0.15, -0.1) is 0 Å². The number of benzene rings is 2. The summed E-state index contributed by atoms with van der Waals surface area (Å²) in [4.78, 5) is 12.0. The summed E-state index contributed by atoms with van der Waals surface area (Å²) in [5.41, 5.74) is 6.15. The van der Waals surface area contributed by atoms with Gasteiger partial charge in [-0.25, -0.2) is 4.39 Å². The minimum atomic E-state index is -0.435. The molecule has 138 valence electrons. The van der Waals surface area contributed by atoms with Crippen molar-refractivity contribution < 1.29 is 18.7 Å². The zero-order valence-electron chi connectivity index (χ0n) is 14.5. The number of thiocarbonyl (C=S) groups is 1. The number of hydrogen-bond acceptors (Lipinski definition) is 4. The number of ether oxygens (including phenoxy) is 2. The van der Waals surface area contributed by atoms with Gasteiger partial charge in [-0.1, -0.05) is 12.1 Å². The molecule has 0 unspecified atom stereocenters. The molecule has 0 spiro atoms. The standard InChI is InChI=1S/C18H20FN3O3S/c1-24-13-9-12(10-14(11-13)25-2)7-8-17(23)21-22-18(26)20-16-6-4-3-5-15(16)19/h3-6,9-11H,7-8H2,1-2H3,(H,21,23)(H2,20,22,26). The highest BCUT2D eigenvalue weighted by Crippen LogP contribution is 2.23. The van der Waals surface area contributed by atoms with Crippen LogP contribution in [0.3, 0.4) is 0 Å². The van der Waals surface area contributed by atoms with Gasteiger partial charge in [0.05, 0.1) is 19.9 Å². The normalized spacial score (nSPS) is 9.96. The van der Waals surface area contributed by atoms with Crippen LogP contribution in [0, 0.1) is 5.82 Å². The van der Waals surface area contributed by atoms with Gasteiger partial charge in [0.1, 0.15) is 17.3 Å². The van der Waals surface area contributed by atoms with Crippen LogP contribution in [0.5, 0.6) is 11.5 Å². The van der Waals surface area contributed by atoms with E-state index in [1.807, 2.05) is 12.1 Å². The molecule has 0 atom stereocenters. The van der Waals surface area contributed by atoms with Gasteiger partial charge >= 0.3 is 0 Å². The molecule has 0 radical (unpaired) electrons. The van der Waals surface area contributed by atoms with Crippen LogP contribution in [0.1, 0.15) is 12.0 Å². The van der Waals surface area contributed by atoms with Crippen molar-refractivity contribution in [1.29, 1.82) is 0 Å². The minimum absolute atomic E-state index is 0.0894. The molecule has 0 saturated heterocycles. The molecule has 6 nitrogen and oxygen atoms in total. The molecular weight excluding hydrogens is 357 g/mol. The van der Waals surface area contributed by atoms with Crippen LogP contribution in [0.2, 0.25) is 0 Å². The van der Waals surface area contributed by atoms with Crippen molar-refractivity contribution in [3.63, 3.8) is 0 Å². The van der Waals surface area contributed by atoms with Gasteiger partial charge in [-0.3, -0.25) is 15.6 Å². The summed E-state index contributed by atoms with van der Waals surface area (Å²) in [6.45, 7) is 0. The van der Waals surface area contributed by atoms with Crippen molar-refractivity contribution in [3.8, 4) is 11.5 Å². The first-order valence-corrected chi connectivity index (χ1v) is 8.25. The van der Waals surface area contributed by atoms with E-state index in [1.165, 1.54) is 6.07 Å². The number of halogens is 1. The van der Waals surface area contributed by atoms with E-state index in [1.54, 1.807) is 38.5 Å². The van der Waals surface area contributed by atoms with Gasteiger partial charge in [-0.2, -0.15) is 0 Å². The third-order valence-electron chi connectivity index (χ3n) is 3.49. The van der Waals surface area contributed by atoms with Crippen LogP contribution in [0.25, 0.3) is 0 Å². The second kappa shape index (κ2) is 9.57. The van der Waals surface area contributed by atoms with E-state index >= 15 is 0 Å². The Morgan fingerprint density at radius 3 is 2.35 bits per heavy atom. The van der Waals surface area contributed by atoms with Crippen molar-refractivity contribution in [2.75, 3.05) is 19.5 Å². The summed E-state index contributed by atoms with van der Waals surface area (Å²) in [5.74, 6) is 0.626. The average molecular weight is 377 g/mol. The molecule has 1 amide bonds. The molecule has 2 rings (SSSR count). The number of hydrazine groups is 1. The Morgan fingerprint density at radius 2 is 1.73 bits per heavy atom. The quantitative estimate of drug-likeness (QED) is 0.531. The van der Waals surface area contributed by atoms with Crippen LogP contribution in [0.4, 0.5) is 10.1 Å². The lowest BCUT2D eigenvalue weighted by Crippen LogP contribution is -2.43. The second-order valence-electron chi connectivity index (χ2n) is 5.33. The summed E-state index contributed by atoms with van der Waals surface area (Å²) < 4.78 is 23.9. The number of aryl methyl sites for hydroxylation is 1. The fourth-order valence-corrected chi connectivity index (χ4v) is 2.33. The van der Waals surface area contributed by atoms with Crippen molar-refractivity contribution in [3.05, 3.63) is 53.8 Å². The third kappa shape index (κ3) is 5.89. The molecule has 8 heteroatoms. The Balaban J connectivity index is 1.80. The molecule has 0 saturated carbocycles. The molecule has 0 aliphatic carbocycles. The van der Waals surface area contributed by atoms with Gasteiger partial charge in [0.15, 0.2) is 5.11 Å². The van der Waals surface area contributed by atoms with E-state index in [-0.39, 0.29) is 23.1 Å². The van der Waals surface area contributed by atoms with Gasteiger partial charge in [0.2, 0.25) is 5.91 Å². The van der Waals surface area contributed by atoms with E-state index in [2.05, 4.69) is 16.2 Å². The summed E-state index contributed by atoms with van der Waals surface area (Å²) in [5, 5.41) is 2.76. The lowest BCUT2D eigenvalue weighted by molar-refractivity contribution is -0.121. The molecule has 0 aromatic heterocycles. The third-order valence-corrected chi connectivity index (χ3v) is 3.69. The zero-order valence-corrected chi connectivity index (χ0v) is 15.3. The Morgan fingerprint density at radius 1 is 1.08 bits per heavy atom. The van der Waals surface area contributed by atoms with Crippen molar-refractivity contribution >= 4 is 28.9 Å². The van der Waals surface area contributed by atoms with Crippen LogP contribution >= 0.6 is 12.2 Å². The maximum Gasteiger partial charge on any atom is 0.238 e. The average Bonchev–Trinajstić information content (AvgIpc) is 2.66. The number of anilines is 1. The highest BCUT2D eigenvalue weighted by atomic mass is 32.1. The van der Waals surface area contributed by atoms with Crippen molar-refractivity contribution in [2.24, 2.45) is 0 Å². The number of methoxy groups -OCH3 is 2. The second-order valence-corrected chi connectivity index (χ2v) is 5.74. The predicted molar refractivity (Wildman–Crippen MR) is 102 cm³/mol. The molecule has 0 heterocycles. The minimum Gasteiger partial charge on any atom is -0.497 e. The Kier molecular flexibility index (Phi) is 7.16. The molecule has 3 N–H and O–H groups in total. The van der Waals surface area contributed by atoms with E-state index in [0.717, 1.165) is 5.56 Å². The smallest absolute Gasteiger partial charge is 0.238 e. The number of carbonyl (C=O) groups is 1. The first-order chi connectivity index (χ1) is 12.5. The number of carbonyl (C=O) groups excluding carboxylic acids is 1. The summed E-state index contributed by atoms with van der Waals surface area (Å²) in [7, 11) is 3.14. The maximum atomic E-state index is 13.5. The fraction of sp³-hybridized carbons (Fsp3) is 0.222. The Bertz CT molecular complexity index is 764. The summed E-state index contributed by atoms with van der Waals surface area (Å²) >= 11 is 5.02. The van der Waals surface area contributed by atoms with Gasteiger partial charge < -0.3 is 14.8 Å². The SMILES string of the molecule is COc1cc(CCC(=O)NNC(=S)Nc2ccccc2F)cc(OC)c1. The van der Waals surface area contributed by atoms with Crippen LogP contribution in [-0.2, 0) is 11.2 Å². The molecule has 0 aliphatic rings. The Labute approximate surface area is 156 Å². The van der Waals surface area contributed by atoms with E-state index in [4.69, 9.17) is 21.7 Å². The molecule has 0 fully saturated rings. The highest BCUT2D eigenvalue weighted by Gasteiger charge is 2.07. The number of amides is 1. The van der Waals surface area contributed by atoms with Gasteiger partial charge in [-0.05, 0) is 48.5 Å².